The summed E-state index contributed by atoms with van der Waals surface area (Å²) in [5, 5.41) is 0. The number of ether oxygens (including phenoxy) is 8. The molecule has 12 aromatic carbocycles. The lowest BCUT2D eigenvalue weighted by atomic mass is 10.2. The van der Waals surface area contributed by atoms with Crippen LogP contribution in [0.4, 0.5) is 0 Å². The molecule has 88 heavy (non-hydrogen) atoms. The predicted molar refractivity (Wildman–Crippen MR) is 356 cm³/mol. The SMILES string of the molecule is Cc1ccc(Oc2ccc(Oc3ccc(C)cc3)cc2)cc1.Cc1ccc(Oc2cccc(Oc3ccc(C)cc3)c2)cc1.Cc1ccc(Oc2ccccc2Oc2ccc(C)cc2)cc1.Cc1cccc(Oc2cccc(Oc3cccc(C)c3)c2)c1. The highest BCUT2D eigenvalue weighted by Gasteiger charge is 2.09. The normalized spacial score (nSPS) is 10.3. The molecule has 0 saturated heterocycles. The number of rotatable bonds is 16. The Bertz CT molecular complexity index is 3810. The summed E-state index contributed by atoms with van der Waals surface area (Å²) in [6.07, 6.45) is 0. The predicted octanol–water partition coefficient (Wildman–Crippen LogP) is 23.6. The molecule has 0 N–H and O–H groups in total. The monoisotopic (exact) mass is 1160 g/mol. The van der Waals surface area contributed by atoms with E-state index < -0.39 is 0 Å². The topological polar surface area (TPSA) is 73.8 Å². The van der Waals surface area contributed by atoms with Crippen LogP contribution in [0.2, 0.25) is 0 Å². The number of hydrogen-bond donors (Lipinski definition) is 0. The van der Waals surface area contributed by atoms with E-state index in [0.29, 0.717) is 11.5 Å². The fourth-order valence-corrected chi connectivity index (χ4v) is 8.46. The first-order valence-electron chi connectivity index (χ1n) is 29.1. The molecule has 0 unspecified atom stereocenters. The van der Waals surface area contributed by atoms with Gasteiger partial charge < -0.3 is 37.9 Å². The number of hydrogen-bond acceptors (Lipinski definition) is 8. The molecule has 0 atom stereocenters. The molecule has 0 aliphatic carbocycles. The minimum Gasteiger partial charge on any atom is -0.457 e. The Morgan fingerprint density at radius 3 is 0.557 bits per heavy atom. The Morgan fingerprint density at radius 1 is 0.136 bits per heavy atom. The van der Waals surface area contributed by atoms with Crippen molar-refractivity contribution in [3.05, 3.63) is 336 Å². The highest BCUT2D eigenvalue weighted by Crippen LogP contribution is 2.36. The third-order valence-corrected chi connectivity index (χ3v) is 13.3. The molecule has 0 radical (unpaired) electrons. The Morgan fingerprint density at radius 2 is 0.318 bits per heavy atom. The number of benzene rings is 12. The van der Waals surface area contributed by atoms with E-state index in [-0.39, 0.29) is 0 Å². The highest BCUT2D eigenvalue weighted by atomic mass is 16.5. The average Bonchev–Trinajstić information content (AvgIpc) is 3.73. The van der Waals surface area contributed by atoms with Crippen LogP contribution in [0.1, 0.15) is 44.5 Å². The smallest absolute Gasteiger partial charge is 0.169 e. The molecular weight excluding hydrogens is 1090 g/mol. The van der Waals surface area contributed by atoms with E-state index >= 15 is 0 Å². The molecule has 0 aliphatic rings. The van der Waals surface area contributed by atoms with Crippen LogP contribution in [-0.2, 0) is 0 Å². The minimum absolute atomic E-state index is 0.701. The summed E-state index contributed by atoms with van der Waals surface area (Å²) in [6, 6.07) is 94.5. The summed E-state index contributed by atoms with van der Waals surface area (Å²) in [6.45, 7) is 16.4. The summed E-state index contributed by atoms with van der Waals surface area (Å²) >= 11 is 0. The molecule has 0 spiro atoms. The third-order valence-electron chi connectivity index (χ3n) is 13.3. The summed E-state index contributed by atoms with van der Waals surface area (Å²) in [5.74, 6) is 12.6. The lowest BCUT2D eigenvalue weighted by Crippen LogP contribution is -1.90. The van der Waals surface area contributed by atoms with Crippen LogP contribution in [0.15, 0.2) is 291 Å². The third kappa shape index (κ3) is 20.4. The molecule has 0 amide bonds. The minimum atomic E-state index is 0.701. The Labute approximate surface area is 518 Å². The quantitative estimate of drug-likeness (QED) is 0.0947. The highest BCUT2D eigenvalue weighted by molar-refractivity contribution is 5.47. The Balaban J connectivity index is 0.000000140. The fourth-order valence-electron chi connectivity index (χ4n) is 8.46. The van der Waals surface area contributed by atoms with E-state index in [2.05, 4.69) is 41.5 Å². The molecule has 8 heteroatoms. The lowest BCUT2D eigenvalue weighted by Gasteiger charge is -2.12. The van der Waals surface area contributed by atoms with E-state index in [1.54, 1.807) is 0 Å². The van der Waals surface area contributed by atoms with Crippen LogP contribution in [0.25, 0.3) is 0 Å². The second kappa shape index (κ2) is 31.3. The van der Waals surface area contributed by atoms with E-state index in [1.807, 2.05) is 305 Å². The van der Waals surface area contributed by atoms with Gasteiger partial charge in [0.05, 0.1) is 0 Å². The van der Waals surface area contributed by atoms with Crippen LogP contribution in [0.3, 0.4) is 0 Å². The van der Waals surface area contributed by atoms with Crippen molar-refractivity contribution in [2.45, 2.75) is 55.4 Å². The van der Waals surface area contributed by atoms with Gasteiger partial charge in [0.2, 0.25) is 0 Å². The fraction of sp³-hybridized carbons (Fsp3) is 0.100. The summed E-state index contributed by atoms with van der Waals surface area (Å²) in [4.78, 5) is 0. The number of para-hydroxylation sites is 2. The summed E-state index contributed by atoms with van der Waals surface area (Å²) < 4.78 is 46.9. The molecule has 440 valence electrons. The molecule has 0 aliphatic heterocycles. The molecule has 0 aromatic heterocycles. The van der Waals surface area contributed by atoms with Crippen LogP contribution in [-0.4, -0.2) is 0 Å². The second-order valence-corrected chi connectivity index (χ2v) is 21.2. The van der Waals surface area contributed by atoms with Crippen molar-refractivity contribution in [1.29, 1.82) is 0 Å². The standard InChI is InChI=1S/4C20H18O2/c1-15-3-7-17(8-4-15)21-19-11-13-20(14-12-19)22-18-9-5-16(2)6-10-18;1-15-6-3-8-17(12-15)21-19-10-5-11-20(14-19)22-18-9-4-7-16(2)13-18;1-15-6-10-17(11-7-15)21-19-4-3-5-20(14-19)22-18-12-8-16(2)9-13-18;1-15-7-11-17(12-8-15)21-19-5-3-4-6-20(19)22-18-13-9-16(2)10-14-18/h4*3-14H,1-2H3. The largest absolute Gasteiger partial charge is 0.457 e. The van der Waals surface area contributed by atoms with Crippen LogP contribution >= 0.6 is 0 Å². The van der Waals surface area contributed by atoms with E-state index in [4.69, 9.17) is 37.9 Å². The molecule has 12 aromatic rings. The molecule has 0 heterocycles. The molecule has 0 saturated carbocycles. The molecule has 12 rings (SSSR count). The van der Waals surface area contributed by atoms with Crippen molar-refractivity contribution in [2.75, 3.05) is 0 Å². The zero-order valence-corrected chi connectivity index (χ0v) is 51.0. The first kappa shape index (κ1) is 61.6. The van der Waals surface area contributed by atoms with Crippen molar-refractivity contribution in [3.8, 4) is 92.0 Å². The summed E-state index contributed by atoms with van der Waals surface area (Å²) in [7, 11) is 0. The Kier molecular flexibility index (Phi) is 21.9. The molecule has 0 bridgehead atoms. The van der Waals surface area contributed by atoms with Gasteiger partial charge in [0.1, 0.15) is 80.5 Å². The van der Waals surface area contributed by atoms with E-state index in [9.17, 15) is 0 Å². The van der Waals surface area contributed by atoms with Crippen LogP contribution in [0.5, 0.6) is 92.0 Å². The maximum Gasteiger partial charge on any atom is 0.169 e. The van der Waals surface area contributed by atoms with Gasteiger partial charge in [-0.05, 0) is 224 Å². The van der Waals surface area contributed by atoms with Gasteiger partial charge in [-0.3, -0.25) is 0 Å². The second-order valence-electron chi connectivity index (χ2n) is 21.2. The summed E-state index contributed by atoms with van der Waals surface area (Å²) in [5.41, 5.74) is 9.61. The van der Waals surface area contributed by atoms with Crippen molar-refractivity contribution in [3.63, 3.8) is 0 Å². The van der Waals surface area contributed by atoms with Gasteiger partial charge in [-0.15, -0.1) is 0 Å². The Hall–Kier alpha value is -11.0. The zero-order valence-electron chi connectivity index (χ0n) is 51.0. The van der Waals surface area contributed by atoms with E-state index in [1.165, 1.54) is 44.5 Å². The van der Waals surface area contributed by atoms with Gasteiger partial charge >= 0.3 is 0 Å². The molecule has 0 fully saturated rings. The van der Waals surface area contributed by atoms with Crippen molar-refractivity contribution >= 4 is 0 Å². The van der Waals surface area contributed by atoms with E-state index in [0.717, 1.165) is 80.5 Å². The van der Waals surface area contributed by atoms with Gasteiger partial charge in [0.25, 0.3) is 0 Å². The van der Waals surface area contributed by atoms with Gasteiger partial charge in [-0.2, -0.15) is 0 Å². The number of aryl methyl sites for hydroxylation is 8. The van der Waals surface area contributed by atoms with Gasteiger partial charge in [0, 0.05) is 12.1 Å². The van der Waals surface area contributed by atoms with Crippen molar-refractivity contribution in [1.82, 2.24) is 0 Å². The average molecular weight is 1160 g/mol. The van der Waals surface area contributed by atoms with Crippen LogP contribution in [0, 0.1) is 55.4 Å². The van der Waals surface area contributed by atoms with Crippen LogP contribution < -0.4 is 37.9 Å². The zero-order chi connectivity index (χ0) is 61.5. The molecular formula is C80H72O8. The van der Waals surface area contributed by atoms with Crippen molar-refractivity contribution in [2.24, 2.45) is 0 Å². The van der Waals surface area contributed by atoms with Gasteiger partial charge in [0.15, 0.2) is 11.5 Å². The van der Waals surface area contributed by atoms with Crippen molar-refractivity contribution < 1.29 is 37.9 Å². The van der Waals surface area contributed by atoms with Gasteiger partial charge in [-0.25, -0.2) is 0 Å². The lowest BCUT2D eigenvalue weighted by molar-refractivity contribution is 0.418. The first-order chi connectivity index (χ1) is 42.8. The maximum absolute atomic E-state index is 5.94. The molecule has 8 nitrogen and oxygen atoms in total. The van der Waals surface area contributed by atoms with Gasteiger partial charge in [-0.1, -0.05) is 155 Å². The first-order valence-corrected chi connectivity index (χ1v) is 29.1. The maximum atomic E-state index is 5.94.